The first kappa shape index (κ1) is 27.5. The molecular weight excluding hydrogens is 509 g/mol. The molecule has 1 saturated heterocycles. The topological polar surface area (TPSA) is 91.5 Å². The summed E-state index contributed by atoms with van der Waals surface area (Å²) in [7, 11) is 3.01. The Morgan fingerprint density at radius 1 is 1.05 bits per heavy atom. The zero-order valence-corrected chi connectivity index (χ0v) is 23.6. The molecule has 9 heteroatoms. The Balaban J connectivity index is 1.39. The lowest BCUT2D eigenvalue weighted by molar-refractivity contribution is 0.102. The van der Waals surface area contributed by atoms with Crippen LogP contribution in [0.25, 0.3) is 22.0 Å². The molecule has 3 N–H and O–H groups in total. The fraction of sp³-hybridized carbons (Fsp3) is 0.355. The number of hydrogen-bond acceptors (Lipinski definition) is 6. The number of benzene rings is 3. The summed E-state index contributed by atoms with van der Waals surface area (Å²) in [5.41, 5.74) is 4.20. The third-order valence-corrected chi connectivity index (χ3v) is 7.37. The van der Waals surface area contributed by atoms with Crippen molar-refractivity contribution in [3.8, 4) is 22.6 Å². The van der Waals surface area contributed by atoms with Gasteiger partial charge in [0.05, 0.1) is 19.7 Å². The molecule has 5 rings (SSSR count). The zero-order valence-electron chi connectivity index (χ0n) is 23.6. The Morgan fingerprint density at radius 3 is 2.40 bits per heavy atom. The maximum absolute atomic E-state index is 15.5. The number of carbonyl (C=O) groups is 1. The Kier molecular flexibility index (Phi) is 7.93. The highest BCUT2D eigenvalue weighted by Crippen LogP contribution is 2.40. The molecule has 0 spiro atoms. The highest BCUT2D eigenvalue weighted by molar-refractivity contribution is 6.08. The number of aromatic amines is 1. The van der Waals surface area contributed by atoms with Gasteiger partial charge in [-0.05, 0) is 62.2 Å². The van der Waals surface area contributed by atoms with Crippen molar-refractivity contribution < 1.29 is 18.7 Å². The van der Waals surface area contributed by atoms with Crippen molar-refractivity contribution in [1.82, 2.24) is 15.5 Å². The first-order chi connectivity index (χ1) is 19.3. The van der Waals surface area contributed by atoms with Crippen LogP contribution in [-0.2, 0) is 6.42 Å². The van der Waals surface area contributed by atoms with Crippen molar-refractivity contribution in [3.63, 3.8) is 0 Å². The van der Waals surface area contributed by atoms with E-state index in [0.29, 0.717) is 52.3 Å². The second-order valence-electron chi connectivity index (χ2n) is 10.4. The van der Waals surface area contributed by atoms with Gasteiger partial charge >= 0.3 is 0 Å². The van der Waals surface area contributed by atoms with Crippen LogP contribution in [0.4, 0.5) is 15.9 Å². The number of halogens is 1. The predicted molar refractivity (Wildman–Crippen MR) is 157 cm³/mol. The Labute approximate surface area is 233 Å². The Morgan fingerprint density at radius 2 is 1.75 bits per heavy atom. The SMILES string of the molecule is CCCc1c(OC)cc(OC)c(F)c1-c1ccc2c(NC(=O)c3ccc(N4C[C@@H](C)N[C@@H](C)C4)cc3)n[nH]c2c1. The van der Waals surface area contributed by atoms with Gasteiger partial charge in [0.2, 0.25) is 0 Å². The number of ether oxygens (including phenoxy) is 2. The van der Waals surface area contributed by atoms with Crippen molar-refractivity contribution >= 4 is 28.3 Å². The Hall–Kier alpha value is -4.11. The maximum atomic E-state index is 15.5. The fourth-order valence-electron chi connectivity index (χ4n) is 5.59. The summed E-state index contributed by atoms with van der Waals surface area (Å²) < 4.78 is 26.4. The van der Waals surface area contributed by atoms with Crippen molar-refractivity contribution in [2.24, 2.45) is 0 Å². The molecule has 8 nitrogen and oxygen atoms in total. The lowest BCUT2D eigenvalue weighted by Gasteiger charge is -2.37. The van der Waals surface area contributed by atoms with Gasteiger partial charge in [0.25, 0.3) is 5.91 Å². The molecule has 0 radical (unpaired) electrons. The summed E-state index contributed by atoms with van der Waals surface area (Å²) in [6.45, 7) is 8.23. The number of H-pyrrole nitrogens is 1. The number of amides is 1. The molecule has 210 valence electrons. The molecule has 0 saturated carbocycles. The second kappa shape index (κ2) is 11.6. The van der Waals surface area contributed by atoms with Crippen LogP contribution in [0.1, 0.15) is 43.1 Å². The van der Waals surface area contributed by atoms with E-state index < -0.39 is 5.82 Å². The largest absolute Gasteiger partial charge is 0.496 e. The van der Waals surface area contributed by atoms with Crippen LogP contribution < -0.4 is 25.0 Å². The third-order valence-electron chi connectivity index (χ3n) is 7.37. The average Bonchev–Trinajstić information content (AvgIpc) is 3.34. The average molecular weight is 546 g/mol. The predicted octanol–water partition coefficient (Wildman–Crippen LogP) is 5.78. The van der Waals surface area contributed by atoms with Crippen LogP contribution in [0.3, 0.4) is 0 Å². The van der Waals surface area contributed by atoms with Crippen LogP contribution in [-0.4, -0.2) is 55.5 Å². The first-order valence-electron chi connectivity index (χ1n) is 13.7. The van der Waals surface area contributed by atoms with Crippen LogP contribution in [0.15, 0.2) is 48.5 Å². The molecule has 3 aromatic carbocycles. The van der Waals surface area contributed by atoms with E-state index in [1.165, 1.54) is 7.11 Å². The molecule has 4 aromatic rings. The van der Waals surface area contributed by atoms with Gasteiger partial charge in [-0.1, -0.05) is 19.4 Å². The van der Waals surface area contributed by atoms with E-state index in [1.807, 2.05) is 49.4 Å². The standard InChI is InChI=1S/C31H36FN5O3/c1-6-7-24-26(39-4)15-27(40-5)29(32)28(24)21-10-13-23-25(14-21)35-36-30(23)34-31(38)20-8-11-22(12-9-20)37-16-18(2)33-19(3)17-37/h8-15,18-19,33H,6-7,16-17H2,1-5H3,(H2,34,35,36,38)/t18-,19+. The van der Waals surface area contributed by atoms with Crippen LogP contribution >= 0.6 is 0 Å². The number of aromatic nitrogens is 2. The summed E-state index contributed by atoms with van der Waals surface area (Å²) >= 11 is 0. The second-order valence-corrected chi connectivity index (χ2v) is 10.4. The van der Waals surface area contributed by atoms with Gasteiger partial charge < -0.3 is 25.0 Å². The van der Waals surface area contributed by atoms with Crippen molar-refractivity contribution in [1.29, 1.82) is 0 Å². The van der Waals surface area contributed by atoms with Gasteiger partial charge in [-0.3, -0.25) is 9.89 Å². The highest BCUT2D eigenvalue weighted by Gasteiger charge is 2.23. The normalized spacial score (nSPS) is 17.2. The number of methoxy groups -OCH3 is 2. The summed E-state index contributed by atoms with van der Waals surface area (Å²) in [4.78, 5) is 15.4. The highest BCUT2D eigenvalue weighted by atomic mass is 19.1. The maximum Gasteiger partial charge on any atom is 0.256 e. The van der Waals surface area contributed by atoms with Crippen molar-refractivity contribution in [3.05, 3.63) is 65.5 Å². The van der Waals surface area contributed by atoms with Gasteiger partial charge in [0, 0.05) is 59.0 Å². The van der Waals surface area contributed by atoms with E-state index in [9.17, 15) is 4.79 Å². The molecule has 2 heterocycles. The number of nitrogens with zero attached hydrogens (tertiary/aromatic N) is 2. The summed E-state index contributed by atoms with van der Waals surface area (Å²) in [6.07, 6.45) is 1.47. The molecule has 1 aliphatic rings. The van der Waals surface area contributed by atoms with E-state index in [1.54, 1.807) is 13.2 Å². The number of hydrogen-bond donors (Lipinski definition) is 3. The molecule has 1 fully saturated rings. The number of anilines is 2. The molecule has 0 bridgehead atoms. The van der Waals surface area contributed by atoms with Crippen molar-refractivity contribution in [2.45, 2.75) is 45.7 Å². The number of nitrogens with one attached hydrogen (secondary N) is 3. The molecule has 0 unspecified atom stereocenters. The minimum atomic E-state index is -0.438. The van der Waals surface area contributed by atoms with E-state index in [0.717, 1.165) is 36.1 Å². The van der Waals surface area contributed by atoms with Crippen molar-refractivity contribution in [2.75, 3.05) is 37.5 Å². The van der Waals surface area contributed by atoms with E-state index in [2.05, 4.69) is 39.6 Å². The van der Waals surface area contributed by atoms with E-state index >= 15 is 4.39 Å². The first-order valence-corrected chi connectivity index (χ1v) is 13.7. The number of fused-ring (bicyclic) bond motifs is 1. The van der Waals surface area contributed by atoms with Crippen LogP contribution in [0.2, 0.25) is 0 Å². The van der Waals surface area contributed by atoms with Gasteiger partial charge in [0.15, 0.2) is 17.4 Å². The third kappa shape index (κ3) is 5.34. The molecule has 1 aromatic heterocycles. The lowest BCUT2D eigenvalue weighted by atomic mass is 9.94. The number of rotatable bonds is 8. The fourth-order valence-corrected chi connectivity index (χ4v) is 5.59. The monoisotopic (exact) mass is 545 g/mol. The quantitative estimate of drug-likeness (QED) is 0.260. The number of piperazine rings is 1. The zero-order chi connectivity index (χ0) is 28.4. The molecule has 1 amide bonds. The van der Waals surface area contributed by atoms with Crippen LogP contribution in [0, 0.1) is 5.82 Å². The van der Waals surface area contributed by atoms with Gasteiger partial charge in [-0.15, -0.1) is 0 Å². The Bertz CT molecular complexity index is 1510. The molecule has 40 heavy (non-hydrogen) atoms. The van der Waals surface area contributed by atoms with E-state index in [-0.39, 0.29) is 11.7 Å². The summed E-state index contributed by atoms with van der Waals surface area (Å²) in [6, 6.07) is 15.5. The minimum Gasteiger partial charge on any atom is -0.496 e. The summed E-state index contributed by atoms with van der Waals surface area (Å²) in [5, 5.41) is 14.5. The smallest absolute Gasteiger partial charge is 0.256 e. The van der Waals surface area contributed by atoms with Gasteiger partial charge in [-0.25, -0.2) is 4.39 Å². The van der Waals surface area contributed by atoms with Crippen LogP contribution in [0.5, 0.6) is 11.5 Å². The molecule has 1 aliphatic heterocycles. The van der Waals surface area contributed by atoms with Gasteiger partial charge in [-0.2, -0.15) is 5.10 Å². The molecule has 2 atom stereocenters. The number of carbonyl (C=O) groups excluding carboxylic acids is 1. The lowest BCUT2D eigenvalue weighted by Crippen LogP contribution is -2.54. The van der Waals surface area contributed by atoms with E-state index in [4.69, 9.17) is 9.47 Å². The summed E-state index contributed by atoms with van der Waals surface area (Å²) in [5.74, 6) is 0.432. The minimum absolute atomic E-state index is 0.122. The molecule has 0 aliphatic carbocycles. The molecular formula is C31H36FN5O3. The van der Waals surface area contributed by atoms with Gasteiger partial charge in [0.1, 0.15) is 5.75 Å².